The second-order valence-corrected chi connectivity index (χ2v) is 7.15. The molecule has 1 unspecified atom stereocenters. The Morgan fingerprint density at radius 2 is 2.24 bits per heavy atom. The Labute approximate surface area is 135 Å². The summed E-state index contributed by atoms with van der Waals surface area (Å²) in [6.07, 6.45) is 12.4. The first-order chi connectivity index (χ1) is 9.85. The van der Waals surface area contributed by atoms with Gasteiger partial charge in [-0.15, -0.1) is 0 Å². The maximum Gasteiger partial charge on any atom is 0.407 e. The number of carbonyl (C=O) groups excluding carboxylic acids is 1. The van der Waals surface area contributed by atoms with Crippen molar-refractivity contribution in [2.75, 3.05) is 6.54 Å². The number of hydrogen-bond donors (Lipinski definition) is 1. The zero-order chi connectivity index (χ0) is 15.5. The van der Waals surface area contributed by atoms with Crippen molar-refractivity contribution in [3.05, 3.63) is 46.0 Å². The van der Waals surface area contributed by atoms with Crippen LogP contribution in [-0.4, -0.2) is 18.2 Å². The van der Waals surface area contributed by atoms with Crippen LogP contribution in [0.3, 0.4) is 0 Å². The maximum absolute atomic E-state index is 11.6. The van der Waals surface area contributed by atoms with Crippen molar-refractivity contribution in [3.63, 3.8) is 0 Å². The van der Waals surface area contributed by atoms with E-state index in [0.717, 1.165) is 17.3 Å². The molecule has 1 N–H and O–H groups in total. The van der Waals surface area contributed by atoms with E-state index in [9.17, 15) is 4.79 Å². The van der Waals surface area contributed by atoms with E-state index >= 15 is 0 Å². The predicted octanol–water partition coefficient (Wildman–Crippen LogP) is 4.62. The van der Waals surface area contributed by atoms with E-state index in [1.165, 1.54) is 11.1 Å². The molecule has 0 spiro atoms. The molecular formula is C17H22BrNO2. The first-order valence-corrected chi connectivity index (χ1v) is 8.06. The van der Waals surface area contributed by atoms with Gasteiger partial charge in [-0.2, -0.15) is 0 Å². The normalized spacial score (nSPS) is 21.0. The van der Waals surface area contributed by atoms with Gasteiger partial charge in [0, 0.05) is 16.9 Å². The van der Waals surface area contributed by atoms with Crippen molar-refractivity contribution < 1.29 is 9.53 Å². The molecule has 2 aliphatic rings. The fourth-order valence-corrected chi connectivity index (χ4v) is 2.96. The molecule has 1 atom stereocenters. The fraction of sp³-hybridized carbons (Fsp3) is 0.471. The van der Waals surface area contributed by atoms with Gasteiger partial charge in [-0.05, 0) is 50.8 Å². The van der Waals surface area contributed by atoms with E-state index in [-0.39, 0.29) is 6.09 Å². The highest BCUT2D eigenvalue weighted by Gasteiger charge is 2.19. The van der Waals surface area contributed by atoms with Crippen LogP contribution >= 0.6 is 15.9 Å². The number of ether oxygens (including phenoxy) is 1. The summed E-state index contributed by atoms with van der Waals surface area (Å²) in [6.45, 7) is 6.16. The molecule has 0 aromatic heterocycles. The van der Waals surface area contributed by atoms with Gasteiger partial charge in [0.15, 0.2) is 0 Å². The Morgan fingerprint density at radius 1 is 1.48 bits per heavy atom. The fourth-order valence-electron chi connectivity index (χ4n) is 2.36. The number of fused-ring (bicyclic) bond motifs is 1. The lowest BCUT2D eigenvalue weighted by Crippen LogP contribution is -2.33. The van der Waals surface area contributed by atoms with E-state index < -0.39 is 5.60 Å². The molecule has 2 rings (SSSR count). The predicted molar refractivity (Wildman–Crippen MR) is 89.3 cm³/mol. The standard InChI is InChI=1S/C17H22BrNO2/c1-17(2,3)21-16(20)19-9-8-14-10-12-6-4-5-7-13(12)11-15(14)18/h4-5,7,10-12H,6,8-9H2,1-3H3,(H,19,20). The maximum atomic E-state index is 11.6. The minimum atomic E-state index is -0.456. The highest BCUT2D eigenvalue weighted by molar-refractivity contribution is 9.12. The monoisotopic (exact) mass is 351 g/mol. The molecular weight excluding hydrogens is 330 g/mol. The molecule has 0 bridgehead atoms. The van der Waals surface area contributed by atoms with Crippen molar-refractivity contribution in [1.29, 1.82) is 0 Å². The van der Waals surface area contributed by atoms with Crippen LogP contribution in [0.4, 0.5) is 4.79 Å². The molecule has 0 aromatic carbocycles. The van der Waals surface area contributed by atoms with Gasteiger partial charge in [-0.1, -0.05) is 40.2 Å². The van der Waals surface area contributed by atoms with Crippen molar-refractivity contribution in [2.24, 2.45) is 5.92 Å². The highest BCUT2D eigenvalue weighted by Crippen LogP contribution is 2.35. The third kappa shape index (κ3) is 4.88. The Morgan fingerprint density at radius 3 is 2.95 bits per heavy atom. The number of halogens is 1. The lowest BCUT2D eigenvalue weighted by atomic mass is 9.85. The molecule has 0 saturated heterocycles. The minimum Gasteiger partial charge on any atom is -0.444 e. The van der Waals surface area contributed by atoms with Gasteiger partial charge in [0.25, 0.3) is 0 Å². The van der Waals surface area contributed by atoms with Gasteiger partial charge in [0.1, 0.15) is 5.60 Å². The topological polar surface area (TPSA) is 38.3 Å². The number of hydrogen-bond acceptors (Lipinski definition) is 2. The van der Waals surface area contributed by atoms with Crippen LogP contribution in [0.2, 0.25) is 0 Å². The molecule has 21 heavy (non-hydrogen) atoms. The lowest BCUT2D eigenvalue weighted by Gasteiger charge is -2.23. The zero-order valence-electron chi connectivity index (χ0n) is 12.8. The first-order valence-electron chi connectivity index (χ1n) is 7.27. The van der Waals surface area contributed by atoms with Crippen LogP contribution in [0.15, 0.2) is 46.0 Å². The Bertz CT molecular complexity index is 535. The van der Waals surface area contributed by atoms with Gasteiger partial charge in [-0.25, -0.2) is 4.79 Å². The van der Waals surface area contributed by atoms with E-state index in [4.69, 9.17) is 4.74 Å². The number of alkyl carbamates (subject to hydrolysis) is 1. The van der Waals surface area contributed by atoms with Crippen LogP contribution in [0.5, 0.6) is 0 Å². The average Bonchev–Trinajstić information content (AvgIpc) is 2.37. The van der Waals surface area contributed by atoms with E-state index in [1.807, 2.05) is 20.8 Å². The Kier molecular flexibility index (Phi) is 5.09. The molecule has 3 nitrogen and oxygen atoms in total. The van der Waals surface area contributed by atoms with Crippen molar-refractivity contribution in [1.82, 2.24) is 5.32 Å². The van der Waals surface area contributed by atoms with Crippen LogP contribution in [-0.2, 0) is 4.74 Å². The summed E-state index contributed by atoms with van der Waals surface area (Å²) in [5.41, 5.74) is 2.12. The zero-order valence-corrected chi connectivity index (χ0v) is 14.4. The number of allylic oxidation sites excluding steroid dienone is 7. The number of carbonyl (C=O) groups is 1. The van der Waals surface area contributed by atoms with Gasteiger partial charge in [-0.3, -0.25) is 0 Å². The van der Waals surface area contributed by atoms with Crippen molar-refractivity contribution in [3.8, 4) is 0 Å². The summed E-state index contributed by atoms with van der Waals surface area (Å²) in [5, 5.41) is 2.80. The molecule has 0 aliphatic heterocycles. The lowest BCUT2D eigenvalue weighted by molar-refractivity contribution is 0.0528. The number of nitrogens with one attached hydrogen (secondary N) is 1. The van der Waals surface area contributed by atoms with Crippen molar-refractivity contribution in [2.45, 2.75) is 39.2 Å². The highest BCUT2D eigenvalue weighted by atomic mass is 79.9. The molecule has 2 aliphatic carbocycles. The third-order valence-corrected chi connectivity index (χ3v) is 4.05. The smallest absolute Gasteiger partial charge is 0.407 e. The number of rotatable bonds is 3. The Hall–Kier alpha value is -1.29. The van der Waals surface area contributed by atoms with Gasteiger partial charge in [0.2, 0.25) is 0 Å². The SMILES string of the molecule is CC(C)(C)OC(=O)NCCC1=CC2CC=CC=C2C=C1Br. The molecule has 0 aromatic rings. The van der Waals surface area contributed by atoms with Gasteiger partial charge >= 0.3 is 6.09 Å². The molecule has 0 fully saturated rings. The summed E-state index contributed by atoms with van der Waals surface area (Å²) in [6, 6.07) is 0. The molecule has 0 saturated carbocycles. The van der Waals surface area contributed by atoms with Gasteiger partial charge < -0.3 is 10.1 Å². The minimum absolute atomic E-state index is 0.361. The van der Waals surface area contributed by atoms with Crippen LogP contribution in [0, 0.1) is 5.92 Å². The first kappa shape index (κ1) is 16.1. The molecule has 1 amide bonds. The molecule has 0 radical (unpaired) electrons. The number of amides is 1. The van der Waals surface area contributed by atoms with Crippen molar-refractivity contribution >= 4 is 22.0 Å². The van der Waals surface area contributed by atoms with E-state index in [0.29, 0.717) is 12.5 Å². The molecule has 0 heterocycles. The van der Waals surface area contributed by atoms with Crippen LogP contribution < -0.4 is 5.32 Å². The average molecular weight is 352 g/mol. The summed E-state index contributed by atoms with van der Waals surface area (Å²) in [5.74, 6) is 0.466. The Balaban J connectivity index is 1.85. The summed E-state index contributed by atoms with van der Waals surface area (Å²) in [4.78, 5) is 11.6. The van der Waals surface area contributed by atoms with E-state index in [2.05, 4.69) is 51.6 Å². The summed E-state index contributed by atoms with van der Waals surface area (Å²) in [7, 11) is 0. The quantitative estimate of drug-likeness (QED) is 0.805. The largest absolute Gasteiger partial charge is 0.444 e. The molecule has 114 valence electrons. The van der Waals surface area contributed by atoms with E-state index in [1.54, 1.807) is 0 Å². The summed E-state index contributed by atoms with van der Waals surface area (Å²) >= 11 is 3.62. The van der Waals surface area contributed by atoms with Crippen LogP contribution in [0.1, 0.15) is 33.6 Å². The van der Waals surface area contributed by atoms with Crippen LogP contribution in [0.25, 0.3) is 0 Å². The second-order valence-electron chi connectivity index (χ2n) is 6.30. The third-order valence-electron chi connectivity index (χ3n) is 3.31. The second kappa shape index (κ2) is 6.65. The molecule has 4 heteroatoms. The summed E-state index contributed by atoms with van der Waals surface area (Å²) < 4.78 is 6.33. The van der Waals surface area contributed by atoms with Gasteiger partial charge in [0.05, 0.1) is 0 Å².